The summed E-state index contributed by atoms with van der Waals surface area (Å²) in [6, 6.07) is 5.02. The molecule has 0 aliphatic carbocycles. The molecule has 6 N–H and O–H groups in total. The van der Waals surface area contributed by atoms with Crippen LogP contribution in [0, 0.1) is 10.8 Å². The second-order valence-electron chi connectivity index (χ2n) is 2.96. The molecule has 96 valence electrons. The Bertz CT molecular complexity index is 486. The van der Waals surface area contributed by atoms with Crippen LogP contribution in [0.4, 0.5) is 0 Å². The fourth-order valence-corrected chi connectivity index (χ4v) is 1.25. The number of benzene rings is 1. The average molecular weight is 287 g/mol. The van der Waals surface area contributed by atoms with E-state index in [4.69, 9.17) is 39.8 Å². The molecule has 0 aliphatic heterocycles. The number of amides is 1. The van der Waals surface area contributed by atoms with Crippen molar-refractivity contribution in [2.75, 3.05) is 0 Å². The van der Waals surface area contributed by atoms with Crippen molar-refractivity contribution in [3.63, 3.8) is 0 Å². The second kappa shape index (κ2) is 8.27. The zero-order valence-electron chi connectivity index (χ0n) is 9.28. The van der Waals surface area contributed by atoms with Crippen molar-refractivity contribution in [1.29, 1.82) is 10.8 Å². The van der Waals surface area contributed by atoms with Crippen LogP contribution in [0.15, 0.2) is 30.0 Å². The number of carbonyl (C=O) groups is 1. The fourth-order valence-electron chi connectivity index (χ4n) is 0.790. The Hall–Kier alpha value is -1.85. The Kier molecular flexibility index (Phi) is 7.42. The van der Waals surface area contributed by atoms with Gasteiger partial charge in [-0.05, 0) is 18.2 Å². The van der Waals surface area contributed by atoms with Crippen molar-refractivity contribution < 1.29 is 4.79 Å². The van der Waals surface area contributed by atoms with Gasteiger partial charge < -0.3 is 22.3 Å². The van der Waals surface area contributed by atoms with Gasteiger partial charge in [-0.1, -0.05) is 29.3 Å². The molecule has 1 aromatic rings. The van der Waals surface area contributed by atoms with E-state index in [0.717, 1.165) is 12.3 Å². The summed E-state index contributed by atoms with van der Waals surface area (Å²) in [7, 11) is 0. The van der Waals surface area contributed by atoms with Gasteiger partial charge in [0.1, 0.15) is 0 Å². The maximum Gasteiger partial charge on any atom is 0.264 e. The standard InChI is InChI=1S/C7H5Cl2N.C4H7N3O/c8-6-2-1-5(4-10)7(9)3-6;5-2-1-3(6)4(7)8/h1-4,10H;1-2,5H,6H2,(H2,7,8)/b;3-1-,5-2?. The summed E-state index contributed by atoms with van der Waals surface area (Å²) in [5.74, 6) is -0.700. The van der Waals surface area contributed by atoms with E-state index in [1.54, 1.807) is 18.2 Å². The molecule has 0 saturated carbocycles. The number of primary amides is 1. The lowest BCUT2D eigenvalue weighted by atomic mass is 10.2. The highest BCUT2D eigenvalue weighted by molar-refractivity contribution is 6.36. The highest BCUT2D eigenvalue weighted by Crippen LogP contribution is 2.18. The van der Waals surface area contributed by atoms with E-state index in [0.29, 0.717) is 15.6 Å². The van der Waals surface area contributed by atoms with Crippen LogP contribution in [0.5, 0.6) is 0 Å². The minimum absolute atomic E-state index is 0.0972. The van der Waals surface area contributed by atoms with Gasteiger partial charge in [-0.3, -0.25) is 4.79 Å². The number of nitrogens with one attached hydrogen (secondary N) is 2. The molecule has 1 aromatic carbocycles. The Morgan fingerprint density at radius 3 is 2.17 bits per heavy atom. The van der Waals surface area contributed by atoms with E-state index < -0.39 is 5.91 Å². The molecule has 18 heavy (non-hydrogen) atoms. The van der Waals surface area contributed by atoms with Crippen LogP contribution < -0.4 is 11.5 Å². The number of rotatable bonds is 3. The van der Waals surface area contributed by atoms with Gasteiger partial charge in [-0.15, -0.1) is 0 Å². The van der Waals surface area contributed by atoms with Crippen LogP contribution in [-0.4, -0.2) is 18.3 Å². The van der Waals surface area contributed by atoms with Crippen molar-refractivity contribution in [3.05, 3.63) is 45.6 Å². The van der Waals surface area contributed by atoms with E-state index >= 15 is 0 Å². The average Bonchev–Trinajstić information content (AvgIpc) is 2.30. The molecule has 7 heteroatoms. The van der Waals surface area contributed by atoms with Crippen LogP contribution in [0.25, 0.3) is 0 Å². The van der Waals surface area contributed by atoms with E-state index in [9.17, 15) is 4.79 Å². The third-order valence-corrected chi connectivity index (χ3v) is 2.23. The lowest BCUT2D eigenvalue weighted by Gasteiger charge is -1.95. The summed E-state index contributed by atoms with van der Waals surface area (Å²) in [6.07, 6.45) is 3.22. The van der Waals surface area contributed by atoms with Crippen LogP contribution in [0.1, 0.15) is 5.56 Å². The maximum absolute atomic E-state index is 10.0. The van der Waals surface area contributed by atoms with Gasteiger partial charge in [0, 0.05) is 23.0 Å². The lowest BCUT2D eigenvalue weighted by molar-refractivity contribution is -0.114. The molecule has 0 aromatic heterocycles. The monoisotopic (exact) mass is 286 g/mol. The summed E-state index contributed by atoms with van der Waals surface area (Å²) < 4.78 is 0. The first kappa shape index (κ1) is 16.2. The van der Waals surface area contributed by atoms with Crippen LogP contribution >= 0.6 is 23.2 Å². The number of allylic oxidation sites excluding steroid dienone is 1. The summed E-state index contributed by atoms with van der Waals surface area (Å²) >= 11 is 11.3. The Morgan fingerprint density at radius 1 is 1.22 bits per heavy atom. The van der Waals surface area contributed by atoms with Crippen molar-refractivity contribution in [2.45, 2.75) is 0 Å². The van der Waals surface area contributed by atoms with Crippen molar-refractivity contribution in [1.82, 2.24) is 0 Å². The highest BCUT2D eigenvalue weighted by Gasteiger charge is 1.95. The number of halogens is 2. The van der Waals surface area contributed by atoms with Crippen LogP contribution in [0.2, 0.25) is 10.0 Å². The zero-order valence-corrected chi connectivity index (χ0v) is 10.8. The predicted octanol–water partition coefficient (Wildman–Crippen LogP) is 1.95. The van der Waals surface area contributed by atoms with Gasteiger partial charge in [0.2, 0.25) is 0 Å². The van der Waals surface area contributed by atoms with Gasteiger partial charge >= 0.3 is 0 Å². The van der Waals surface area contributed by atoms with Crippen LogP contribution in [0.3, 0.4) is 0 Å². The molecule has 5 nitrogen and oxygen atoms in total. The van der Waals surface area contributed by atoms with Gasteiger partial charge in [-0.2, -0.15) is 0 Å². The third kappa shape index (κ3) is 6.03. The minimum Gasteiger partial charge on any atom is -0.394 e. The van der Waals surface area contributed by atoms with Gasteiger partial charge in [0.05, 0.1) is 10.7 Å². The van der Waals surface area contributed by atoms with E-state index in [2.05, 4.69) is 5.73 Å². The first-order valence-corrected chi connectivity index (χ1v) is 5.39. The first-order chi connectivity index (χ1) is 8.42. The number of hydrogen-bond donors (Lipinski definition) is 4. The molecule has 0 unspecified atom stereocenters. The lowest BCUT2D eigenvalue weighted by Crippen LogP contribution is -2.19. The molecule has 0 spiro atoms. The van der Waals surface area contributed by atoms with Gasteiger partial charge in [-0.25, -0.2) is 0 Å². The zero-order chi connectivity index (χ0) is 14.1. The van der Waals surface area contributed by atoms with E-state index in [1.807, 2.05) is 0 Å². The smallest absolute Gasteiger partial charge is 0.264 e. The molecule has 0 saturated heterocycles. The molecular weight excluding hydrogens is 275 g/mol. The molecule has 1 rings (SSSR count). The SMILES string of the molecule is N=C/C=C(\N)C(N)=O.N=Cc1ccc(Cl)cc1Cl. The largest absolute Gasteiger partial charge is 0.394 e. The molecule has 0 fully saturated rings. The van der Waals surface area contributed by atoms with Crippen molar-refractivity contribution in [3.8, 4) is 0 Å². The predicted molar refractivity (Wildman–Crippen MR) is 74.6 cm³/mol. The van der Waals surface area contributed by atoms with Crippen LogP contribution in [-0.2, 0) is 4.79 Å². The van der Waals surface area contributed by atoms with Gasteiger partial charge in [0.25, 0.3) is 5.91 Å². The van der Waals surface area contributed by atoms with Crippen molar-refractivity contribution in [2.24, 2.45) is 11.5 Å². The third-order valence-electron chi connectivity index (χ3n) is 1.67. The Labute approximate surface area is 114 Å². The number of hydrogen-bond acceptors (Lipinski definition) is 4. The van der Waals surface area contributed by atoms with E-state index in [1.165, 1.54) is 6.21 Å². The molecule has 0 aliphatic rings. The van der Waals surface area contributed by atoms with Gasteiger partial charge in [0.15, 0.2) is 0 Å². The second-order valence-corrected chi connectivity index (χ2v) is 3.81. The number of nitrogens with two attached hydrogens (primary N) is 2. The molecule has 0 radical (unpaired) electrons. The Morgan fingerprint density at radius 2 is 1.83 bits per heavy atom. The summed E-state index contributed by atoms with van der Waals surface area (Å²) in [4.78, 5) is 10.0. The topological polar surface area (TPSA) is 117 Å². The molecule has 0 atom stereocenters. The molecule has 1 amide bonds. The highest BCUT2D eigenvalue weighted by atomic mass is 35.5. The molecule has 0 bridgehead atoms. The summed E-state index contributed by atoms with van der Waals surface area (Å²) in [5.41, 5.74) is 10.2. The number of carbonyl (C=O) groups excluding carboxylic acids is 1. The quantitative estimate of drug-likeness (QED) is 0.502. The van der Waals surface area contributed by atoms with E-state index in [-0.39, 0.29) is 5.70 Å². The Balaban J connectivity index is 0.000000331. The fraction of sp³-hybridized carbons (Fsp3) is 0. The summed E-state index contributed by atoms with van der Waals surface area (Å²) in [6.45, 7) is 0. The molecular formula is C11H12Cl2N4O. The maximum atomic E-state index is 10.0. The first-order valence-electron chi connectivity index (χ1n) is 4.64. The normalized spacial score (nSPS) is 10.0. The molecule has 0 heterocycles. The minimum atomic E-state index is -0.700. The van der Waals surface area contributed by atoms with Crippen molar-refractivity contribution >= 4 is 41.5 Å². The summed E-state index contributed by atoms with van der Waals surface area (Å²) in [5, 5.41) is 14.4.